The summed E-state index contributed by atoms with van der Waals surface area (Å²) in [6, 6.07) is 0. The van der Waals surface area contributed by atoms with Crippen molar-refractivity contribution in [1.29, 1.82) is 0 Å². The van der Waals surface area contributed by atoms with Crippen LogP contribution in [0.3, 0.4) is 0 Å². The van der Waals surface area contributed by atoms with Crippen LogP contribution in [0.5, 0.6) is 0 Å². The molecule has 2 rings (SSSR count). The van der Waals surface area contributed by atoms with Crippen molar-refractivity contribution in [2.45, 2.75) is 37.3 Å². The van der Waals surface area contributed by atoms with Gasteiger partial charge in [0.1, 0.15) is 0 Å². The molecule has 0 bridgehead atoms. The molecule has 1 aromatic rings. The second-order valence-electron chi connectivity index (χ2n) is 5.70. The minimum absolute atomic E-state index is 0.0966. The lowest BCUT2D eigenvalue weighted by Crippen LogP contribution is -2.35. The molecule has 2 N–H and O–H groups in total. The van der Waals surface area contributed by atoms with E-state index in [2.05, 4.69) is 21.5 Å². The topological polar surface area (TPSA) is 82.3 Å². The molecule has 120 valence electrons. The number of piperidine rings is 1. The zero-order chi connectivity index (χ0) is 15.5. The van der Waals surface area contributed by atoms with E-state index in [-0.39, 0.29) is 9.08 Å². The number of sulfonamides is 1. The van der Waals surface area contributed by atoms with Gasteiger partial charge in [-0.15, -0.1) is 0 Å². The first kappa shape index (κ1) is 16.7. The van der Waals surface area contributed by atoms with E-state index in [4.69, 9.17) is 0 Å². The molecule has 0 amide bonds. The Labute approximate surface area is 129 Å². The number of hydrogen-bond donors (Lipinski definition) is 2. The predicted molar refractivity (Wildman–Crippen MR) is 84.3 cm³/mol. The number of H-pyrrole nitrogens is 1. The highest BCUT2D eigenvalue weighted by molar-refractivity contribution is 7.91. The van der Waals surface area contributed by atoms with E-state index in [1.165, 1.54) is 12.8 Å². The fraction of sp³-hybridized carbons (Fsp3) is 0.769. The van der Waals surface area contributed by atoms with Crippen LogP contribution in [0.15, 0.2) is 9.00 Å². The van der Waals surface area contributed by atoms with E-state index >= 15 is 0 Å². The van der Waals surface area contributed by atoms with Gasteiger partial charge >= 0.3 is 4.87 Å². The molecule has 0 aromatic carbocycles. The van der Waals surface area contributed by atoms with Crippen molar-refractivity contribution in [3.05, 3.63) is 15.4 Å². The standard InChI is InChI=1S/C13H23N3O3S2/c1-10-4-8-16(9-5-10)7-3-6-14-21(18,19)12-11(2)15-13(17)20-12/h10,14H,3-9H2,1-2H3,(H,15,17). The molecular weight excluding hydrogens is 310 g/mol. The van der Waals surface area contributed by atoms with Crippen molar-refractivity contribution >= 4 is 21.4 Å². The van der Waals surface area contributed by atoms with Crippen LogP contribution in [0.1, 0.15) is 31.9 Å². The number of nitrogens with one attached hydrogen (secondary N) is 2. The van der Waals surface area contributed by atoms with Crippen molar-refractivity contribution in [1.82, 2.24) is 14.6 Å². The number of aromatic nitrogens is 1. The SMILES string of the molecule is Cc1[nH]c(=O)sc1S(=O)(=O)NCCCN1CCC(C)CC1. The second kappa shape index (κ2) is 7.04. The van der Waals surface area contributed by atoms with Gasteiger partial charge < -0.3 is 9.88 Å². The Morgan fingerprint density at radius 3 is 2.62 bits per heavy atom. The van der Waals surface area contributed by atoms with Crippen molar-refractivity contribution in [2.75, 3.05) is 26.2 Å². The third kappa shape index (κ3) is 4.64. The highest BCUT2D eigenvalue weighted by Crippen LogP contribution is 2.17. The lowest BCUT2D eigenvalue weighted by atomic mass is 9.99. The van der Waals surface area contributed by atoms with Crippen LogP contribution in [-0.2, 0) is 10.0 Å². The van der Waals surface area contributed by atoms with Gasteiger partial charge in [0.25, 0.3) is 10.0 Å². The number of aromatic amines is 1. The molecule has 0 saturated carbocycles. The van der Waals surface area contributed by atoms with E-state index in [1.54, 1.807) is 6.92 Å². The van der Waals surface area contributed by atoms with Crippen LogP contribution < -0.4 is 9.60 Å². The lowest BCUT2D eigenvalue weighted by molar-refractivity contribution is 0.191. The fourth-order valence-electron chi connectivity index (χ4n) is 2.51. The summed E-state index contributed by atoms with van der Waals surface area (Å²) in [6.07, 6.45) is 3.23. The molecule has 0 spiro atoms. The highest BCUT2D eigenvalue weighted by atomic mass is 32.2. The molecule has 8 heteroatoms. The minimum Gasteiger partial charge on any atom is -0.315 e. The molecule has 6 nitrogen and oxygen atoms in total. The summed E-state index contributed by atoms with van der Waals surface area (Å²) in [6.45, 7) is 7.40. The van der Waals surface area contributed by atoms with Gasteiger partial charge in [0.2, 0.25) is 0 Å². The summed E-state index contributed by atoms with van der Waals surface area (Å²) in [5, 5.41) is 0. The monoisotopic (exact) mass is 333 g/mol. The normalized spacial score (nSPS) is 18.2. The van der Waals surface area contributed by atoms with Crippen LogP contribution in [-0.4, -0.2) is 44.5 Å². The third-order valence-electron chi connectivity index (χ3n) is 3.84. The Balaban J connectivity index is 1.78. The van der Waals surface area contributed by atoms with E-state index < -0.39 is 10.0 Å². The zero-order valence-corrected chi connectivity index (χ0v) is 14.1. The summed E-state index contributed by atoms with van der Waals surface area (Å²) < 4.78 is 26.8. The van der Waals surface area contributed by atoms with Gasteiger partial charge in [0, 0.05) is 12.2 Å². The third-order valence-corrected chi connectivity index (χ3v) is 6.91. The lowest BCUT2D eigenvalue weighted by Gasteiger charge is -2.30. The summed E-state index contributed by atoms with van der Waals surface area (Å²) in [5.74, 6) is 0.805. The number of thiazole rings is 1. The quantitative estimate of drug-likeness (QED) is 0.765. The first-order valence-corrected chi connectivity index (χ1v) is 9.60. The first-order chi connectivity index (χ1) is 9.88. The van der Waals surface area contributed by atoms with Crippen molar-refractivity contribution < 1.29 is 8.42 Å². The van der Waals surface area contributed by atoms with Gasteiger partial charge in [-0.3, -0.25) is 4.79 Å². The zero-order valence-electron chi connectivity index (χ0n) is 12.5. The van der Waals surface area contributed by atoms with Crippen molar-refractivity contribution in [3.63, 3.8) is 0 Å². The molecule has 1 aliphatic rings. The van der Waals surface area contributed by atoms with Crippen LogP contribution in [0.2, 0.25) is 0 Å². The van der Waals surface area contributed by atoms with Crippen molar-refractivity contribution in [2.24, 2.45) is 5.92 Å². The molecule has 0 aliphatic carbocycles. The van der Waals surface area contributed by atoms with Crippen LogP contribution in [0.25, 0.3) is 0 Å². The number of hydrogen-bond acceptors (Lipinski definition) is 5. The molecule has 0 unspecified atom stereocenters. The molecular formula is C13H23N3O3S2. The minimum atomic E-state index is -3.56. The van der Waals surface area contributed by atoms with E-state index in [1.807, 2.05) is 0 Å². The smallest absolute Gasteiger partial charge is 0.305 e. The Morgan fingerprint density at radius 2 is 2.05 bits per heavy atom. The Morgan fingerprint density at radius 1 is 1.38 bits per heavy atom. The van der Waals surface area contributed by atoms with Gasteiger partial charge in [-0.1, -0.05) is 18.3 Å². The molecule has 1 saturated heterocycles. The van der Waals surface area contributed by atoms with Gasteiger partial charge in [0.15, 0.2) is 4.21 Å². The van der Waals surface area contributed by atoms with Gasteiger partial charge in [-0.05, 0) is 51.7 Å². The largest absolute Gasteiger partial charge is 0.315 e. The Kier molecular flexibility index (Phi) is 5.59. The molecule has 1 aliphatic heterocycles. The average Bonchev–Trinajstić information content (AvgIpc) is 2.77. The fourth-order valence-corrected chi connectivity index (χ4v) is 4.92. The molecule has 2 heterocycles. The maximum absolute atomic E-state index is 12.1. The number of nitrogens with zero attached hydrogens (tertiary/aromatic N) is 1. The van der Waals surface area contributed by atoms with Crippen LogP contribution in [0.4, 0.5) is 0 Å². The van der Waals surface area contributed by atoms with Gasteiger partial charge in [-0.25, -0.2) is 13.1 Å². The van der Waals surface area contributed by atoms with E-state index in [0.29, 0.717) is 12.2 Å². The predicted octanol–water partition coefficient (Wildman–Crippen LogP) is 1.15. The van der Waals surface area contributed by atoms with E-state index in [0.717, 1.165) is 43.3 Å². The number of rotatable bonds is 6. The number of likely N-dealkylation sites (tertiary alicyclic amines) is 1. The van der Waals surface area contributed by atoms with Gasteiger partial charge in [-0.2, -0.15) is 0 Å². The second-order valence-corrected chi connectivity index (χ2v) is 8.65. The molecule has 0 radical (unpaired) electrons. The maximum Gasteiger partial charge on any atom is 0.305 e. The summed E-state index contributed by atoms with van der Waals surface area (Å²) in [7, 11) is -3.56. The van der Waals surface area contributed by atoms with Crippen LogP contribution >= 0.6 is 11.3 Å². The molecule has 0 atom stereocenters. The van der Waals surface area contributed by atoms with Crippen LogP contribution in [0, 0.1) is 12.8 Å². The molecule has 1 fully saturated rings. The first-order valence-electron chi connectivity index (χ1n) is 7.30. The van der Waals surface area contributed by atoms with Gasteiger partial charge in [0.05, 0.1) is 0 Å². The van der Waals surface area contributed by atoms with E-state index in [9.17, 15) is 13.2 Å². The van der Waals surface area contributed by atoms with Crippen molar-refractivity contribution in [3.8, 4) is 0 Å². The Bertz CT molecular complexity index is 613. The maximum atomic E-state index is 12.1. The summed E-state index contributed by atoms with van der Waals surface area (Å²) >= 11 is 0.736. The molecule has 21 heavy (non-hydrogen) atoms. The Hall–Kier alpha value is -0.700. The number of aryl methyl sites for hydroxylation is 1. The highest BCUT2D eigenvalue weighted by Gasteiger charge is 2.20. The summed E-state index contributed by atoms with van der Waals surface area (Å²) in [4.78, 5) is 15.7. The summed E-state index contributed by atoms with van der Waals surface area (Å²) in [5.41, 5.74) is 0.405. The average molecular weight is 333 g/mol. The molecule has 1 aromatic heterocycles.